The van der Waals surface area contributed by atoms with Gasteiger partial charge in [0.25, 0.3) is 5.91 Å². The van der Waals surface area contributed by atoms with E-state index in [1.165, 1.54) is 6.07 Å². The van der Waals surface area contributed by atoms with Crippen LogP contribution in [-0.2, 0) is 11.2 Å². The van der Waals surface area contributed by atoms with Crippen molar-refractivity contribution in [3.8, 4) is 5.75 Å². The van der Waals surface area contributed by atoms with Gasteiger partial charge in [0, 0.05) is 16.5 Å². The lowest BCUT2D eigenvalue weighted by Gasteiger charge is -2.17. The van der Waals surface area contributed by atoms with Crippen molar-refractivity contribution in [3.05, 3.63) is 106 Å². The Morgan fingerprint density at radius 3 is 2.32 bits per heavy atom. The first-order valence-electron chi connectivity index (χ1n) is 13.6. The third-order valence-electron chi connectivity index (χ3n) is 6.18. The minimum absolute atomic E-state index is 0.0586. The molecule has 6 nitrogen and oxygen atoms in total. The average molecular weight is 577 g/mol. The van der Waals surface area contributed by atoms with Gasteiger partial charge in [-0.1, -0.05) is 74.9 Å². The first kappa shape index (κ1) is 31.3. The first-order valence-corrected chi connectivity index (χ1v) is 13.9. The molecule has 41 heavy (non-hydrogen) atoms. The Balaban J connectivity index is 0.00000226. The summed E-state index contributed by atoms with van der Waals surface area (Å²) in [5.74, 6) is -0.996. The van der Waals surface area contributed by atoms with Crippen molar-refractivity contribution in [2.45, 2.75) is 39.7 Å². The summed E-state index contributed by atoms with van der Waals surface area (Å²) in [6, 6.07) is 20.7. The molecule has 8 heteroatoms. The predicted octanol–water partition coefficient (Wildman–Crippen LogP) is 7.67. The Bertz CT molecular complexity index is 1490. The Morgan fingerprint density at radius 2 is 1.66 bits per heavy atom. The predicted molar refractivity (Wildman–Crippen MR) is 163 cm³/mol. The number of fused-ring (bicyclic) bond motifs is 1. The molecule has 1 amide bonds. The molecule has 0 aliphatic carbocycles. The van der Waals surface area contributed by atoms with Gasteiger partial charge in [-0.05, 0) is 72.0 Å². The van der Waals surface area contributed by atoms with Crippen molar-refractivity contribution >= 4 is 46.5 Å². The zero-order chi connectivity index (χ0) is 29.8. The SMILES string of the molecule is CC.CCC(Cc1ccc(O)cc1)NC(=O)c1cc(C(=O)OCCF)c2cc(/C=C/c3ccc(Cl)cc3)ccc2n1. The summed E-state index contributed by atoms with van der Waals surface area (Å²) in [7, 11) is 0. The Morgan fingerprint density at radius 1 is 1.00 bits per heavy atom. The van der Waals surface area contributed by atoms with Gasteiger partial charge in [-0.15, -0.1) is 0 Å². The molecule has 1 heterocycles. The van der Waals surface area contributed by atoms with Crippen LogP contribution in [0.5, 0.6) is 5.75 Å². The highest BCUT2D eigenvalue weighted by Gasteiger charge is 2.20. The Hall–Kier alpha value is -4.23. The third kappa shape index (κ3) is 8.88. The highest BCUT2D eigenvalue weighted by molar-refractivity contribution is 6.30. The number of phenols is 1. The fourth-order valence-corrected chi connectivity index (χ4v) is 4.21. The molecular formula is C33H34ClFN2O4. The lowest BCUT2D eigenvalue weighted by Crippen LogP contribution is -2.36. The molecular weight excluding hydrogens is 543 g/mol. The normalized spacial score (nSPS) is 11.5. The van der Waals surface area contributed by atoms with E-state index in [4.69, 9.17) is 16.3 Å². The quantitative estimate of drug-likeness (QED) is 0.149. The van der Waals surface area contributed by atoms with Crippen LogP contribution in [0.15, 0.2) is 72.8 Å². The van der Waals surface area contributed by atoms with Crippen LogP contribution in [0.25, 0.3) is 23.1 Å². The van der Waals surface area contributed by atoms with Crippen molar-refractivity contribution in [1.29, 1.82) is 0 Å². The van der Waals surface area contributed by atoms with Gasteiger partial charge in [0.15, 0.2) is 0 Å². The van der Waals surface area contributed by atoms with Crippen LogP contribution >= 0.6 is 11.6 Å². The molecule has 2 N–H and O–H groups in total. The van der Waals surface area contributed by atoms with Crippen LogP contribution in [0.2, 0.25) is 5.02 Å². The number of halogens is 2. The van der Waals surface area contributed by atoms with Crippen molar-refractivity contribution in [3.63, 3.8) is 0 Å². The fourth-order valence-electron chi connectivity index (χ4n) is 4.08. The smallest absolute Gasteiger partial charge is 0.338 e. The van der Waals surface area contributed by atoms with E-state index < -0.39 is 18.6 Å². The maximum Gasteiger partial charge on any atom is 0.338 e. The second-order valence-electron chi connectivity index (χ2n) is 8.99. The Labute approximate surface area is 244 Å². The molecule has 0 saturated heterocycles. The molecule has 0 bridgehead atoms. The largest absolute Gasteiger partial charge is 0.508 e. The van der Waals surface area contributed by atoms with E-state index in [2.05, 4.69) is 10.3 Å². The number of aromatic nitrogens is 1. The number of ether oxygens (including phenoxy) is 1. The lowest BCUT2D eigenvalue weighted by atomic mass is 10.0. The molecule has 1 aromatic heterocycles. The molecule has 0 aliphatic heterocycles. The van der Waals surface area contributed by atoms with Gasteiger partial charge in [0.1, 0.15) is 24.7 Å². The van der Waals surface area contributed by atoms with E-state index in [9.17, 15) is 19.1 Å². The van der Waals surface area contributed by atoms with Crippen molar-refractivity contribution in [2.24, 2.45) is 0 Å². The monoisotopic (exact) mass is 576 g/mol. The summed E-state index contributed by atoms with van der Waals surface area (Å²) in [4.78, 5) is 30.6. The van der Waals surface area contributed by atoms with E-state index in [1.54, 1.807) is 48.5 Å². The van der Waals surface area contributed by atoms with E-state index in [-0.39, 0.29) is 29.7 Å². The van der Waals surface area contributed by atoms with Gasteiger partial charge >= 0.3 is 5.97 Å². The number of amides is 1. The van der Waals surface area contributed by atoms with Crippen LogP contribution in [-0.4, -0.2) is 41.3 Å². The summed E-state index contributed by atoms with van der Waals surface area (Å²) < 4.78 is 17.8. The molecule has 0 aliphatic rings. The number of phenolic OH excluding ortho intramolecular Hbond substituents is 1. The molecule has 0 saturated carbocycles. The van der Waals surface area contributed by atoms with Gasteiger partial charge in [-0.25, -0.2) is 14.2 Å². The molecule has 214 valence electrons. The van der Waals surface area contributed by atoms with E-state index >= 15 is 0 Å². The van der Waals surface area contributed by atoms with Gasteiger partial charge in [0.05, 0.1) is 11.1 Å². The van der Waals surface area contributed by atoms with Crippen molar-refractivity contribution in [2.75, 3.05) is 13.3 Å². The minimum Gasteiger partial charge on any atom is -0.508 e. The standard InChI is InChI=1S/C31H28ClFN2O4.C2H6/c1-2-24(17-21-7-12-25(36)13-8-21)34-30(37)29-19-27(31(38)39-16-15-33)26-18-22(9-14-28(26)35-29)4-3-20-5-10-23(32)11-6-20;1-2/h3-14,18-19,24,36H,2,15-17H2,1H3,(H,34,37);1-2H3/b4-3+;. The fraction of sp³-hybridized carbons (Fsp3) is 0.242. The van der Waals surface area contributed by atoms with Gasteiger partial charge in [-0.3, -0.25) is 4.79 Å². The first-order chi connectivity index (χ1) is 19.9. The number of hydrogen-bond donors (Lipinski definition) is 2. The molecule has 0 spiro atoms. The minimum atomic E-state index is -0.813. The third-order valence-corrected chi connectivity index (χ3v) is 6.43. The number of benzene rings is 3. The topological polar surface area (TPSA) is 88.5 Å². The van der Waals surface area contributed by atoms with E-state index in [0.717, 1.165) is 16.7 Å². The number of hydrogen-bond acceptors (Lipinski definition) is 5. The molecule has 1 unspecified atom stereocenters. The summed E-state index contributed by atoms with van der Waals surface area (Å²) in [6.45, 7) is 4.76. The number of carbonyl (C=O) groups excluding carboxylic acids is 2. The number of rotatable bonds is 10. The second-order valence-corrected chi connectivity index (χ2v) is 9.43. The summed E-state index contributed by atoms with van der Waals surface area (Å²) in [6.07, 6.45) is 5.02. The molecule has 3 aromatic carbocycles. The summed E-state index contributed by atoms with van der Waals surface area (Å²) >= 11 is 5.95. The van der Waals surface area contributed by atoms with Crippen LogP contribution in [0, 0.1) is 0 Å². The zero-order valence-corrected chi connectivity index (χ0v) is 24.1. The van der Waals surface area contributed by atoms with Crippen molar-refractivity contribution < 1.29 is 23.8 Å². The number of pyridine rings is 1. The van der Waals surface area contributed by atoms with Crippen LogP contribution < -0.4 is 5.32 Å². The average Bonchev–Trinajstić information content (AvgIpc) is 3.00. The molecule has 4 rings (SSSR count). The lowest BCUT2D eigenvalue weighted by molar-refractivity contribution is 0.0483. The number of carbonyl (C=O) groups is 2. The van der Waals surface area contributed by atoms with Crippen LogP contribution in [0.4, 0.5) is 4.39 Å². The summed E-state index contributed by atoms with van der Waals surface area (Å²) in [5.41, 5.74) is 3.34. The molecule has 4 aromatic rings. The van der Waals surface area contributed by atoms with Gasteiger partial charge in [-0.2, -0.15) is 0 Å². The van der Waals surface area contributed by atoms with E-state index in [0.29, 0.717) is 28.8 Å². The Kier molecular flexibility index (Phi) is 11.9. The van der Waals surface area contributed by atoms with Crippen LogP contribution in [0.3, 0.4) is 0 Å². The van der Waals surface area contributed by atoms with Crippen molar-refractivity contribution in [1.82, 2.24) is 10.3 Å². The van der Waals surface area contributed by atoms with Gasteiger partial charge in [0.2, 0.25) is 0 Å². The van der Waals surface area contributed by atoms with Gasteiger partial charge < -0.3 is 15.2 Å². The highest BCUT2D eigenvalue weighted by atomic mass is 35.5. The summed E-state index contributed by atoms with van der Waals surface area (Å²) in [5, 5.41) is 13.6. The highest BCUT2D eigenvalue weighted by Crippen LogP contribution is 2.23. The maximum absolute atomic E-state index is 13.2. The van der Waals surface area contributed by atoms with E-state index in [1.807, 2.05) is 51.1 Å². The number of nitrogens with zero attached hydrogens (tertiary/aromatic N) is 1. The number of nitrogens with one attached hydrogen (secondary N) is 1. The molecule has 0 fully saturated rings. The zero-order valence-electron chi connectivity index (χ0n) is 23.4. The molecule has 1 atom stereocenters. The number of esters is 1. The number of alkyl halides is 1. The number of aromatic hydroxyl groups is 1. The maximum atomic E-state index is 13.2. The van der Waals surface area contributed by atoms with Crippen LogP contribution in [0.1, 0.15) is 64.7 Å². The molecule has 0 radical (unpaired) electrons. The second kappa shape index (κ2) is 15.5.